The Hall–Kier alpha value is -1.84. The fourth-order valence-corrected chi connectivity index (χ4v) is 1.33. The molecule has 1 atom stereocenters. The molecule has 17 heavy (non-hydrogen) atoms. The van der Waals surface area contributed by atoms with Gasteiger partial charge in [-0.2, -0.15) is 0 Å². The highest BCUT2D eigenvalue weighted by Gasteiger charge is 2.11. The predicted octanol–water partition coefficient (Wildman–Crippen LogP) is 2.03. The number of hydrogen-bond acceptors (Lipinski definition) is 2. The van der Waals surface area contributed by atoms with E-state index < -0.39 is 0 Å². The fraction of sp³-hybridized carbons (Fsp3) is 0.385. The van der Waals surface area contributed by atoms with Crippen LogP contribution in [0.2, 0.25) is 0 Å². The van der Waals surface area contributed by atoms with E-state index in [1.807, 2.05) is 13.8 Å². The second kappa shape index (κ2) is 6.03. The number of benzene rings is 1. The molecule has 1 unspecified atom stereocenters. The van der Waals surface area contributed by atoms with Crippen molar-refractivity contribution in [3.05, 3.63) is 29.8 Å². The Morgan fingerprint density at radius 1 is 1.35 bits per heavy atom. The summed E-state index contributed by atoms with van der Waals surface area (Å²) in [6.45, 7) is 3.84. The molecule has 4 nitrogen and oxygen atoms in total. The minimum absolute atomic E-state index is 0.0263. The third kappa shape index (κ3) is 3.59. The van der Waals surface area contributed by atoms with Gasteiger partial charge in [-0.05, 0) is 24.6 Å². The first kappa shape index (κ1) is 13.2. The number of amides is 2. The van der Waals surface area contributed by atoms with Crippen molar-refractivity contribution in [2.45, 2.75) is 20.3 Å². The van der Waals surface area contributed by atoms with Gasteiger partial charge in [-0.1, -0.05) is 19.9 Å². The van der Waals surface area contributed by atoms with Crippen LogP contribution in [0, 0.1) is 5.92 Å². The quantitative estimate of drug-likeness (QED) is 0.837. The van der Waals surface area contributed by atoms with Gasteiger partial charge in [-0.15, -0.1) is 0 Å². The van der Waals surface area contributed by atoms with Gasteiger partial charge in [0.05, 0.1) is 0 Å². The largest absolute Gasteiger partial charge is 0.355 e. The molecule has 0 aliphatic carbocycles. The van der Waals surface area contributed by atoms with Crippen LogP contribution in [0.5, 0.6) is 0 Å². The molecule has 0 aliphatic rings. The summed E-state index contributed by atoms with van der Waals surface area (Å²) in [4.78, 5) is 23.1. The van der Waals surface area contributed by atoms with Crippen LogP contribution in [0.3, 0.4) is 0 Å². The van der Waals surface area contributed by atoms with Gasteiger partial charge in [0.1, 0.15) is 0 Å². The molecule has 0 spiro atoms. The molecular formula is C13H18N2O2. The van der Waals surface area contributed by atoms with E-state index in [-0.39, 0.29) is 17.7 Å². The van der Waals surface area contributed by atoms with E-state index in [4.69, 9.17) is 0 Å². The van der Waals surface area contributed by atoms with Crippen molar-refractivity contribution in [1.82, 2.24) is 5.32 Å². The number of rotatable bonds is 4. The molecule has 0 aliphatic heterocycles. The molecule has 0 aromatic heterocycles. The lowest BCUT2D eigenvalue weighted by atomic mass is 10.1. The summed E-state index contributed by atoms with van der Waals surface area (Å²) in [6.07, 6.45) is 0.793. The lowest BCUT2D eigenvalue weighted by Crippen LogP contribution is -2.21. The van der Waals surface area contributed by atoms with E-state index in [0.29, 0.717) is 11.3 Å². The van der Waals surface area contributed by atoms with Gasteiger partial charge in [0, 0.05) is 24.2 Å². The highest BCUT2D eigenvalue weighted by molar-refractivity contribution is 5.97. The summed E-state index contributed by atoms with van der Waals surface area (Å²) in [5.41, 5.74) is 1.19. The first-order valence-corrected chi connectivity index (χ1v) is 5.71. The molecule has 2 amide bonds. The SMILES string of the molecule is CCC(C)C(=O)Nc1cccc(C(=O)NC)c1. The summed E-state index contributed by atoms with van der Waals surface area (Å²) >= 11 is 0. The van der Waals surface area contributed by atoms with E-state index >= 15 is 0 Å². The highest BCUT2D eigenvalue weighted by Crippen LogP contribution is 2.12. The minimum atomic E-state index is -0.162. The first-order chi connectivity index (χ1) is 8.08. The number of carbonyl (C=O) groups excluding carboxylic acids is 2. The summed E-state index contributed by atoms with van der Waals surface area (Å²) in [5, 5.41) is 5.34. The summed E-state index contributed by atoms with van der Waals surface area (Å²) in [6, 6.07) is 6.89. The van der Waals surface area contributed by atoms with Crippen molar-refractivity contribution in [3.63, 3.8) is 0 Å². The van der Waals surface area contributed by atoms with E-state index in [1.54, 1.807) is 31.3 Å². The molecule has 1 rings (SSSR count). The van der Waals surface area contributed by atoms with Crippen molar-refractivity contribution in [2.75, 3.05) is 12.4 Å². The van der Waals surface area contributed by atoms with Crippen molar-refractivity contribution >= 4 is 17.5 Å². The monoisotopic (exact) mass is 234 g/mol. The van der Waals surface area contributed by atoms with Crippen LogP contribution in [-0.2, 0) is 4.79 Å². The average molecular weight is 234 g/mol. The Morgan fingerprint density at radius 2 is 2.06 bits per heavy atom. The fourth-order valence-electron chi connectivity index (χ4n) is 1.33. The molecule has 0 saturated carbocycles. The summed E-state index contributed by atoms with van der Waals surface area (Å²) in [5.74, 6) is -0.218. The Labute approximate surface area is 101 Å². The Morgan fingerprint density at radius 3 is 2.65 bits per heavy atom. The molecule has 1 aromatic rings. The van der Waals surface area contributed by atoms with Crippen LogP contribution < -0.4 is 10.6 Å². The van der Waals surface area contributed by atoms with Crippen LogP contribution in [-0.4, -0.2) is 18.9 Å². The maximum absolute atomic E-state index is 11.7. The van der Waals surface area contributed by atoms with Crippen LogP contribution in [0.4, 0.5) is 5.69 Å². The summed E-state index contributed by atoms with van der Waals surface area (Å²) in [7, 11) is 1.58. The normalized spacial score (nSPS) is 11.7. The van der Waals surface area contributed by atoms with Gasteiger partial charge in [0.2, 0.25) is 5.91 Å². The lowest BCUT2D eigenvalue weighted by Gasteiger charge is -2.10. The molecule has 0 heterocycles. The van der Waals surface area contributed by atoms with Crippen molar-refractivity contribution in [3.8, 4) is 0 Å². The minimum Gasteiger partial charge on any atom is -0.355 e. The number of anilines is 1. The average Bonchev–Trinajstić information content (AvgIpc) is 2.37. The zero-order valence-electron chi connectivity index (χ0n) is 10.4. The van der Waals surface area contributed by atoms with Crippen LogP contribution in [0.1, 0.15) is 30.6 Å². The third-order valence-corrected chi connectivity index (χ3v) is 2.68. The van der Waals surface area contributed by atoms with Gasteiger partial charge in [0.15, 0.2) is 0 Å². The van der Waals surface area contributed by atoms with Crippen molar-refractivity contribution in [2.24, 2.45) is 5.92 Å². The van der Waals surface area contributed by atoms with Gasteiger partial charge >= 0.3 is 0 Å². The standard InChI is InChI=1S/C13H18N2O2/c1-4-9(2)12(16)15-11-7-5-6-10(8-11)13(17)14-3/h5-9H,4H2,1-3H3,(H,14,17)(H,15,16). The first-order valence-electron chi connectivity index (χ1n) is 5.71. The Kier molecular flexibility index (Phi) is 4.69. The molecule has 2 N–H and O–H groups in total. The smallest absolute Gasteiger partial charge is 0.251 e. The molecule has 1 aromatic carbocycles. The van der Waals surface area contributed by atoms with Gasteiger partial charge in [0.25, 0.3) is 5.91 Å². The van der Waals surface area contributed by atoms with E-state index in [0.717, 1.165) is 6.42 Å². The second-order valence-electron chi connectivity index (χ2n) is 3.96. The zero-order valence-corrected chi connectivity index (χ0v) is 10.4. The van der Waals surface area contributed by atoms with E-state index in [9.17, 15) is 9.59 Å². The number of hydrogen-bond donors (Lipinski definition) is 2. The van der Waals surface area contributed by atoms with Crippen LogP contribution >= 0.6 is 0 Å². The van der Waals surface area contributed by atoms with E-state index in [1.165, 1.54) is 0 Å². The number of nitrogens with one attached hydrogen (secondary N) is 2. The molecule has 0 fully saturated rings. The maximum atomic E-state index is 11.7. The Bertz CT molecular complexity index is 416. The molecule has 92 valence electrons. The van der Waals surface area contributed by atoms with Gasteiger partial charge < -0.3 is 10.6 Å². The molecule has 0 radical (unpaired) electrons. The third-order valence-electron chi connectivity index (χ3n) is 2.68. The highest BCUT2D eigenvalue weighted by atomic mass is 16.2. The van der Waals surface area contributed by atoms with E-state index in [2.05, 4.69) is 10.6 Å². The molecule has 0 saturated heterocycles. The topological polar surface area (TPSA) is 58.2 Å². The Balaban J connectivity index is 2.79. The predicted molar refractivity (Wildman–Crippen MR) is 67.9 cm³/mol. The van der Waals surface area contributed by atoms with Gasteiger partial charge in [-0.3, -0.25) is 9.59 Å². The second-order valence-corrected chi connectivity index (χ2v) is 3.96. The zero-order chi connectivity index (χ0) is 12.8. The van der Waals surface area contributed by atoms with Crippen molar-refractivity contribution < 1.29 is 9.59 Å². The molecular weight excluding hydrogens is 216 g/mol. The summed E-state index contributed by atoms with van der Waals surface area (Å²) < 4.78 is 0. The van der Waals surface area contributed by atoms with Crippen LogP contribution in [0.25, 0.3) is 0 Å². The molecule has 0 bridgehead atoms. The van der Waals surface area contributed by atoms with Gasteiger partial charge in [-0.25, -0.2) is 0 Å². The maximum Gasteiger partial charge on any atom is 0.251 e. The van der Waals surface area contributed by atoms with Crippen LogP contribution in [0.15, 0.2) is 24.3 Å². The number of carbonyl (C=O) groups is 2. The van der Waals surface area contributed by atoms with Crippen molar-refractivity contribution in [1.29, 1.82) is 0 Å². The molecule has 4 heteroatoms. The lowest BCUT2D eigenvalue weighted by molar-refractivity contribution is -0.119.